The summed E-state index contributed by atoms with van der Waals surface area (Å²) in [6.07, 6.45) is 4.94. The molecule has 1 N–H and O–H groups in total. The van der Waals surface area contributed by atoms with E-state index in [9.17, 15) is 4.79 Å². The first-order chi connectivity index (χ1) is 4.70. The molecule has 10 heavy (non-hydrogen) atoms. The number of hydrogen-bond acceptors (Lipinski definition) is 2. The summed E-state index contributed by atoms with van der Waals surface area (Å²) in [4.78, 5) is 10.5. The lowest BCUT2D eigenvalue weighted by atomic mass is 10.3. The fourth-order valence-corrected chi connectivity index (χ4v) is 0.354. The molecule has 1 unspecified atom stereocenters. The third-order valence-corrected chi connectivity index (χ3v) is 1.06. The van der Waals surface area contributed by atoms with E-state index in [0.29, 0.717) is 0 Å². The third-order valence-electron chi connectivity index (χ3n) is 1.06. The number of amides is 1. The van der Waals surface area contributed by atoms with Gasteiger partial charge >= 0.3 is 6.09 Å². The van der Waals surface area contributed by atoms with Gasteiger partial charge in [-0.2, -0.15) is 0 Å². The fraction of sp³-hybridized carbons (Fsp3) is 0.571. The van der Waals surface area contributed by atoms with Gasteiger partial charge in [0.1, 0.15) is 6.10 Å². The van der Waals surface area contributed by atoms with Gasteiger partial charge in [0.05, 0.1) is 0 Å². The lowest BCUT2D eigenvalue weighted by Gasteiger charge is -2.08. The van der Waals surface area contributed by atoms with Crippen LogP contribution >= 0.6 is 0 Å². The van der Waals surface area contributed by atoms with Crippen LogP contribution in [0.4, 0.5) is 4.79 Å². The molecule has 0 aromatic rings. The summed E-state index contributed by atoms with van der Waals surface area (Å²) in [5.74, 6) is 0. The van der Waals surface area contributed by atoms with E-state index < -0.39 is 6.09 Å². The predicted molar refractivity (Wildman–Crippen MR) is 38.2 cm³/mol. The Labute approximate surface area is 60.8 Å². The van der Waals surface area contributed by atoms with Gasteiger partial charge in [-0.1, -0.05) is 13.3 Å². The number of carbonyl (C=O) groups excluding carboxylic acids is 1. The lowest BCUT2D eigenvalue weighted by Crippen LogP contribution is -2.23. The number of ether oxygens (including phenoxy) is 1. The van der Waals surface area contributed by atoms with Crippen LogP contribution in [0.15, 0.2) is 0 Å². The SMILES string of the molecule is C#CNC(=O)OC(C)CC. The summed E-state index contributed by atoms with van der Waals surface area (Å²) < 4.78 is 4.75. The van der Waals surface area contributed by atoms with E-state index in [-0.39, 0.29) is 6.10 Å². The van der Waals surface area contributed by atoms with Crippen LogP contribution in [0.2, 0.25) is 0 Å². The van der Waals surface area contributed by atoms with Crippen LogP contribution in [0.3, 0.4) is 0 Å². The van der Waals surface area contributed by atoms with Crippen molar-refractivity contribution in [3.63, 3.8) is 0 Å². The van der Waals surface area contributed by atoms with Gasteiger partial charge in [0.15, 0.2) is 0 Å². The quantitative estimate of drug-likeness (QED) is 0.462. The van der Waals surface area contributed by atoms with Crippen molar-refractivity contribution in [1.82, 2.24) is 5.32 Å². The van der Waals surface area contributed by atoms with E-state index >= 15 is 0 Å². The second-order valence-electron chi connectivity index (χ2n) is 1.89. The molecule has 0 rings (SSSR count). The summed E-state index contributed by atoms with van der Waals surface area (Å²) >= 11 is 0. The molecule has 0 fully saturated rings. The highest BCUT2D eigenvalue weighted by atomic mass is 16.6. The van der Waals surface area contributed by atoms with Crippen molar-refractivity contribution in [3.8, 4) is 12.5 Å². The highest BCUT2D eigenvalue weighted by molar-refractivity contribution is 5.69. The van der Waals surface area contributed by atoms with Crippen molar-refractivity contribution in [2.45, 2.75) is 26.4 Å². The van der Waals surface area contributed by atoms with Crippen LogP contribution < -0.4 is 5.32 Å². The molecule has 1 atom stereocenters. The molecule has 3 heteroatoms. The Balaban J connectivity index is 3.49. The molecular formula is C7H11NO2. The molecule has 0 aliphatic heterocycles. The molecular weight excluding hydrogens is 130 g/mol. The Bertz CT molecular complexity index is 148. The van der Waals surface area contributed by atoms with Crippen LogP contribution in [0.25, 0.3) is 0 Å². The molecule has 0 aliphatic rings. The maximum atomic E-state index is 10.5. The number of terminal acetylenes is 1. The Morgan fingerprint density at radius 1 is 1.90 bits per heavy atom. The summed E-state index contributed by atoms with van der Waals surface area (Å²) in [6, 6.07) is 1.97. The molecule has 0 saturated carbocycles. The fourth-order valence-electron chi connectivity index (χ4n) is 0.354. The minimum Gasteiger partial charge on any atom is -0.446 e. The third kappa shape index (κ3) is 3.79. The van der Waals surface area contributed by atoms with E-state index in [0.717, 1.165) is 6.42 Å². The number of alkyl carbamates (subject to hydrolysis) is 1. The van der Waals surface area contributed by atoms with Crippen molar-refractivity contribution in [3.05, 3.63) is 0 Å². The van der Waals surface area contributed by atoms with E-state index in [1.54, 1.807) is 6.92 Å². The van der Waals surface area contributed by atoms with E-state index in [2.05, 4.69) is 5.32 Å². The molecule has 0 heterocycles. The molecule has 56 valence electrons. The Morgan fingerprint density at radius 3 is 2.90 bits per heavy atom. The van der Waals surface area contributed by atoms with Crippen molar-refractivity contribution in [2.24, 2.45) is 0 Å². The number of hydrogen-bond donors (Lipinski definition) is 1. The second-order valence-corrected chi connectivity index (χ2v) is 1.89. The first-order valence-electron chi connectivity index (χ1n) is 3.13. The molecule has 0 aromatic heterocycles. The van der Waals surface area contributed by atoms with E-state index in [4.69, 9.17) is 11.2 Å². The molecule has 1 amide bonds. The first kappa shape index (κ1) is 8.83. The summed E-state index contributed by atoms with van der Waals surface area (Å²) in [6.45, 7) is 3.73. The van der Waals surface area contributed by atoms with Crippen LogP contribution in [0, 0.1) is 12.5 Å². The zero-order chi connectivity index (χ0) is 7.98. The standard InChI is InChI=1S/C7H11NO2/c1-4-6(3)10-7(9)8-5-2/h2,6H,4H2,1,3H3,(H,8,9). The maximum Gasteiger partial charge on any atom is 0.419 e. The average Bonchev–Trinajstić information content (AvgIpc) is 1.88. The summed E-state index contributed by atoms with van der Waals surface area (Å²) in [5.41, 5.74) is 0. The minimum atomic E-state index is -0.558. The van der Waals surface area contributed by atoms with Crippen molar-refractivity contribution < 1.29 is 9.53 Å². The van der Waals surface area contributed by atoms with Crippen LogP contribution in [-0.4, -0.2) is 12.2 Å². The molecule has 0 aromatic carbocycles. The van der Waals surface area contributed by atoms with Gasteiger partial charge in [-0.25, -0.2) is 10.1 Å². The van der Waals surface area contributed by atoms with Gasteiger partial charge < -0.3 is 4.74 Å². The summed E-state index contributed by atoms with van der Waals surface area (Å²) in [5, 5.41) is 2.08. The zero-order valence-corrected chi connectivity index (χ0v) is 6.18. The smallest absolute Gasteiger partial charge is 0.419 e. The summed E-state index contributed by atoms with van der Waals surface area (Å²) in [7, 11) is 0. The Kier molecular flexibility index (Phi) is 4.14. The van der Waals surface area contributed by atoms with Crippen LogP contribution in [-0.2, 0) is 4.74 Å². The lowest BCUT2D eigenvalue weighted by molar-refractivity contribution is 0.109. The molecule has 0 saturated heterocycles. The van der Waals surface area contributed by atoms with E-state index in [1.165, 1.54) is 0 Å². The maximum absolute atomic E-state index is 10.5. The van der Waals surface area contributed by atoms with Crippen LogP contribution in [0.1, 0.15) is 20.3 Å². The normalized spacial score (nSPS) is 11.3. The number of nitrogens with one attached hydrogen (secondary N) is 1. The topological polar surface area (TPSA) is 38.3 Å². The van der Waals surface area contributed by atoms with Crippen molar-refractivity contribution in [1.29, 1.82) is 0 Å². The highest BCUT2D eigenvalue weighted by Gasteiger charge is 2.03. The van der Waals surface area contributed by atoms with Crippen molar-refractivity contribution in [2.75, 3.05) is 0 Å². The highest BCUT2D eigenvalue weighted by Crippen LogP contribution is 1.94. The predicted octanol–water partition coefficient (Wildman–Crippen LogP) is 1.10. The molecule has 0 aliphatic carbocycles. The van der Waals surface area contributed by atoms with Gasteiger partial charge in [-0.05, 0) is 13.3 Å². The Morgan fingerprint density at radius 2 is 2.50 bits per heavy atom. The molecule has 0 radical (unpaired) electrons. The van der Waals surface area contributed by atoms with Gasteiger partial charge in [-0.3, -0.25) is 0 Å². The van der Waals surface area contributed by atoms with Gasteiger partial charge in [0.2, 0.25) is 0 Å². The zero-order valence-electron chi connectivity index (χ0n) is 6.18. The Hall–Kier alpha value is -1.17. The van der Waals surface area contributed by atoms with Gasteiger partial charge in [0.25, 0.3) is 0 Å². The number of rotatable bonds is 2. The second kappa shape index (κ2) is 4.68. The first-order valence-corrected chi connectivity index (χ1v) is 3.13. The largest absolute Gasteiger partial charge is 0.446 e. The monoisotopic (exact) mass is 141 g/mol. The van der Waals surface area contributed by atoms with Crippen LogP contribution in [0.5, 0.6) is 0 Å². The number of carbonyl (C=O) groups is 1. The molecule has 0 spiro atoms. The van der Waals surface area contributed by atoms with E-state index in [1.807, 2.05) is 13.0 Å². The van der Waals surface area contributed by atoms with Gasteiger partial charge in [0, 0.05) is 6.04 Å². The minimum absolute atomic E-state index is 0.0756. The van der Waals surface area contributed by atoms with Gasteiger partial charge in [-0.15, -0.1) is 0 Å². The molecule has 3 nitrogen and oxygen atoms in total. The molecule has 0 bridgehead atoms. The average molecular weight is 141 g/mol. The van der Waals surface area contributed by atoms with Crippen molar-refractivity contribution >= 4 is 6.09 Å².